The molecule has 5 nitrogen and oxygen atoms in total. The Morgan fingerprint density at radius 1 is 1.10 bits per heavy atom. The number of carboxylic acids is 1. The summed E-state index contributed by atoms with van der Waals surface area (Å²) in [5.74, 6) is -1.46. The van der Waals surface area contributed by atoms with Gasteiger partial charge in [0.1, 0.15) is 17.0 Å². The fourth-order valence-electron chi connectivity index (χ4n) is 2.06. The third kappa shape index (κ3) is 3.32. The molecule has 0 saturated heterocycles. The molecule has 0 aromatic heterocycles. The Hall–Kier alpha value is -2.53. The molecule has 0 fully saturated rings. The number of hydrogen-bond donors (Lipinski definition) is 4. The van der Waals surface area contributed by atoms with Gasteiger partial charge in [-0.2, -0.15) is 0 Å². The number of benzene rings is 2. The van der Waals surface area contributed by atoms with Gasteiger partial charge < -0.3 is 15.3 Å². The van der Waals surface area contributed by atoms with Gasteiger partial charge in [0.25, 0.3) is 0 Å². The Morgan fingerprint density at radius 2 is 1.67 bits per heavy atom. The average molecular weight is 287 g/mol. The van der Waals surface area contributed by atoms with Crippen LogP contribution in [0.1, 0.15) is 18.1 Å². The standard InChI is InChI=1S/C16H17NO4/c1-16(15(20)21,12-7-13(18)9-14(19)8-12)17-10-11-5-3-2-4-6-11/h2-9,17-19H,10H2,1H3,(H,20,21). The zero-order chi connectivity index (χ0) is 15.5. The molecule has 2 aromatic carbocycles. The maximum absolute atomic E-state index is 11.6. The van der Waals surface area contributed by atoms with E-state index in [2.05, 4.69) is 5.32 Å². The number of rotatable bonds is 5. The summed E-state index contributed by atoms with van der Waals surface area (Å²) in [5.41, 5.74) is -0.204. The lowest BCUT2D eigenvalue weighted by molar-refractivity contribution is -0.144. The number of aliphatic carboxylic acids is 1. The van der Waals surface area contributed by atoms with Crippen molar-refractivity contribution in [2.24, 2.45) is 0 Å². The first kappa shape index (κ1) is 14.9. The van der Waals surface area contributed by atoms with Crippen LogP contribution in [0, 0.1) is 0 Å². The van der Waals surface area contributed by atoms with Crippen LogP contribution in [0.4, 0.5) is 0 Å². The Balaban J connectivity index is 2.30. The zero-order valence-corrected chi connectivity index (χ0v) is 11.6. The summed E-state index contributed by atoms with van der Waals surface area (Å²) in [5, 5.41) is 31.6. The second-order valence-electron chi connectivity index (χ2n) is 5.01. The minimum absolute atomic E-state index is 0.181. The van der Waals surface area contributed by atoms with Gasteiger partial charge >= 0.3 is 5.97 Å². The fourth-order valence-corrected chi connectivity index (χ4v) is 2.06. The summed E-state index contributed by atoms with van der Waals surface area (Å²) in [7, 11) is 0. The second kappa shape index (κ2) is 5.85. The topological polar surface area (TPSA) is 89.8 Å². The molecule has 1 atom stereocenters. The van der Waals surface area contributed by atoms with Crippen LogP contribution >= 0.6 is 0 Å². The van der Waals surface area contributed by atoms with Gasteiger partial charge in [0.15, 0.2) is 0 Å². The van der Waals surface area contributed by atoms with E-state index in [1.807, 2.05) is 30.3 Å². The maximum Gasteiger partial charge on any atom is 0.328 e. The van der Waals surface area contributed by atoms with E-state index >= 15 is 0 Å². The molecule has 110 valence electrons. The summed E-state index contributed by atoms with van der Waals surface area (Å²) < 4.78 is 0. The number of phenols is 2. The first-order valence-corrected chi connectivity index (χ1v) is 6.47. The molecule has 0 bridgehead atoms. The fraction of sp³-hybridized carbons (Fsp3) is 0.188. The normalized spacial score (nSPS) is 13.6. The molecular weight excluding hydrogens is 270 g/mol. The highest BCUT2D eigenvalue weighted by molar-refractivity contribution is 5.80. The van der Waals surface area contributed by atoms with Crippen LogP contribution in [-0.4, -0.2) is 21.3 Å². The van der Waals surface area contributed by atoms with Crippen molar-refractivity contribution < 1.29 is 20.1 Å². The van der Waals surface area contributed by atoms with E-state index in [1.165, 1.54) is 19.1 Å². The van der Waals surface area contributed by atoms with Crippen LogP contribution in [0.3, 0.4) is 0 Å². The number of aromatic hydroxyl groups is 2. The summed E-state index contributed by atoms with van der Waals surface area (Å²) in [4.78, 5) is 11.6. The van der Waals surface area contributed by atoms with Crippen LogP contribution in [0.15, 0.2) is 48.5 Å². The predicted molar refractivity (Wildman–Crippen MR) is 78.0 cm³/mol. The molecule has 0 aliphatic rings. The monoisotopic (exact) mass is 287 g/mol. The highest BCUT2D eigenvalue weighted by atomic mass is 16.4. The molecule has 5 heteroatoms. The first-order chi connectivity index (χ1) is 9.91. The Morgan fingerprint density at radius 3 is 2.19 bits per heavy atom. The Labute approximate surface area is 122 Å². The number of carbonyl (C=O) groups is 1. The van der Waals surface area contributed by atoms with Crippen molar-refractivity contribution in [3.8, 4) is 11.5 Å². The third-order valence-corrected chi connectivity index (χ3v) is 3.40. The summed E-state index contributed by atoms with van der Waals surface area (Å²) in [6.07, 6.45) is 0. The van der Waals surface area contributed by atoms with Crippen molar-refractivity contribution >= 4 is 5.97 Å². The van der Waals surface area contributed by atoms with Gasteiger partial charge in [0, 0.05) is 12.6 Å². The molecule has 2 rings (SSSR count). The molecule has 21 heavy (non-hydrogen) atoms. The van der Waals surface area contributed by atoms with Crippen molar-refractivity contribution in [1.82, 2.24) is 5.32 Å². The van der Waals surface area contributed by atoms with Gasteiger partial charge in [-0.25, -0.2) is 4.79 Å². The zero-order valence-electron chi connectivity index (χ0n) is 11.6. The van der Waals surface area contributed by atoms with Gasteiger partial charge in [-0.3, -0.25) is 5.32 Å². The molecule has 0 aliphatic carbocycles. The average Bonchev–Trinajstić information content (AvgIpc) is 2.44. The molecule has 0 heterocycles. The minimum atomic E-state index is -1.42. The van der Waals surface area contributed by atoms with Gasteiger partial charge in [0.2, 0.25) is 0 Å². The van der Waals surface area contributed by atoms with Crippen molar-refractivity contribution in [3.05, 3.63) is 59.7 Å². The molecule has 4 N–H and O–H groups in total. The van der Waals surface area contributed by atoms with Crippen molar-refractivity contribution in [3.63, 3.8) is 0 Å². The van der Waals surface area contributed by atoms with Gasteiger partial charge in [-0.1, -0.05) is 30.3 Å². The second-order valence-corrected chi connectivity index (χ2v) is 5.01. The van der Waals surface area contributed by atoms with E-state index < -0.39 is 11.5 Å². The Bertz CT molecular complexity index is 622. The predicted octanol–water partition coefficient (Wildman–Crippen LogP) is 2.19. The molecule has 0 saturated carbocycles. The lowest BCUT2D eigenvalue weighted by Gasteiger charge is -2.27. The highest BCUT2D eigenvalue weighted by Crippen LogP contribution is 2.29. The molecule has 0 amide bonds. The molecule has 1 unspecified atom stereocenters. The lowest BCUT2D eigenvalue weighted by Crippen LogP contribution is -2.46. The summed E-state index contributed by atoms with van der Waals surface area (Å²) in [6.45, 7) is 1.84. The number of phenolic OH excluding ortho intramolecular Hbond substituents is 2. The first-order valence-electron chi connectivity index (χ1n) is 6.47. The molecular formula is C16H17NO4. The molecule has 0 radical (unpaired) electrons. The van der Waals surface area contributed by atoms with E-state index in [0.717, 1.165) is 11.6 Å². The third-order valence-electron chi connectivity index (χ3n) is 3.40. The largest absolute Gasteiger partial charge is 0.508 e. The minimum Gasteiger partial charge on any atom is -0.508 e. The van der Waals surface area contributed by atoms with Crippen molar-refractivity contribution in [1.29, 1.82) is 0 Å². The van der Waals surface area contributed by atoms with Gasteiger partial charge in [-0.15, -0.1) is 0 Å². The number of hydrogen-bond acceptors (Lipinski definition) is 4. The smallest absolute Gasteiger partial charge is 0.328 e. The number of nitrogens with one attached hydrogen (secondary N) is 1. The van der Waals surface area contributed by atoms with E-state index in [-0.39, 0.29) is 17.1 Å². The lowest BCUT2D eigenvalue weighted by atomic mass is 9.91. The highest BCUT2D eigenvalue weighted by Gasteiger charge is 2.35. The quantitative estimate of drug-likeness (QED) is 0.677. The van der Waals surface area contributed by atoms with Crippen LogP contribution in [0.25, 0.3) is 0 Å². The Kier molecular flexibility index (Phi) is 4.14. The van der Waals surface area contributed by atoms with Crippen LogP contribution < -0.4 is 5.32 Å². The van der Waals surface area contributed by atoms with E-state index in [0.29, 0.717) is 6.54 Å². The molecule has 2 aromatic rings. The van der Waals surface area contributed by atoms with Crippen molar-refractivity contribution in [2.75, 3.05) is 0 Å². The van der Waals surface area contributed by atoms with Gasteiger partial charge in [0.05, 0.1) is 0 Å². The van der Waals surface area contributed by atoms with Gasteiger partial charge in [-0.05, 0) is 30.2 Å². The summed E-state index contributed by atoms with van der Waals surface area (Å²) in [6, 6.07) is 13.2. The van der Waals surface area contributed by atoms with Crippen molar-refractivity contribution in [2.45, 2.75) is 19.0 Å². The maximum atomic E-state index is 11.6. The van der Waals surface area contributed by atoms with E-state index in [1.54, 1.807) is 0 Å². The van der Waals surface area contributed by atoms with Crippen LogP contribution in [-0.2, 0) is 16.9 Å². The number of carboxylic acid groups (broad SMARTS) is 1. The SMILES string of the molecule is CC(NCc1ccccc1)(C(=O)O)c1cc(O)cc(O)c1. The molecule has 0 aliphatic heterocycles. The summed E-state index contributed by atoms with van der Waals surface area (Å²) >= 11 is 0. The molecule has 0 spiro atoms. The van der Waals surface area contributed by atoms with E-state index in [4.69, 9.17) is 0 Å². The van der Waals surface area contributed by atoms with Crippen LogP contribution in [0.5, 0.6) is 11.5 Å². The van der Waals surface area contributed by atoms with Crippen LogP contribution in [0.2, 0.25) is 0 Å². The van der Waals surface area contributed by atoms with E-state index in [9.17, 15) is 20.1 Å².